The quantitative estimate of drug-likeness (QED) is 0.633. The van der Waals surface area contributed by atoms with E-state index in [1.807, 2.05) is 6.92 Å². The molecule has 3 heterocycles. The van der Waals surface area contributed by atoms with Crippen LogP contribution in [-0.4, -0.2) is 34.3 Å². The Balaban J connectivity index is 1.56. The lowest BCUT2D eigenvalue weighted by atomic mass is 10.1. The molecule has 0 fully saturated rings. The molecule has 3 aromatic rings. The Kier molecular flexibility index (Phi) is 4.72. The third kappa shape index (κ3) is 3.48. The van der Waals surface area contributed by atoms with Crippen LogP contribution in [0.1, 0.15) is 29.6 Å². The third-order valence-electron chi connectivity index (χ3n) is 3.98. The maximum atomic E-state index is 13.0. The standard InChI is InChI=1S/C18H16ClN3O5/c1-2-5-22(9-15-20-21-17(27-15)13-4-3-6-24-13)18(23)11-7-12(19)16-14(8-11)25-10-26-16/h3-4,6-8H,2,5,9-10H2,1H3. The summed E-state index contributed by atoms with van der Waals surface area (Å²) >= 11 is 6.19. The highest BCUT2D eigenvalue weighted by atomic mass is 35.5. The molecule has 0 bridgehead atoms. The predicted octanol–water partition coefficient (Wildman–Crippen LogP) is 3.76. The van der Waals surface area contributed by atoms with E-state index in [0.29, 0.717) is 40.3 Å². The number of halogens is 1. The number of ether oxygens (including phenoxy) is 2. The average Bonchev–Trinajstić information content (AvgIpc) is 3.41. The van der Waals surface area contributed by atoms with Gasteiger partial charge in [0, 0.05) is 12.1 Å². The van der Waals surface area contributed by atoms with E-state index in [4.69, 9.17) is 29.9 Å². The molecule has 0 N–H and O–H groups in total. The van der Waals surface area contributed by atoms with Gasteiger partial charge < -0.3 is 23.2 Å². The second kappa shape index (κ2) is 7.32. The molecule has 0 saturated heterocycles. The van der Waals surface area contributed by atoms with Crippen LogP contribution in [-0.2, 0) is 6.54 Å². The molecule has 9 heteroatoms. The number of fused-ring (bicyclic) bond motifs is 1. The number of hydrogen-bond donors (Lipinski definition) is 0. The van der Waals surface area contributed by atoms with E-state index in [-0.39, 0.29) is 25.1 Å². The van der Waals surface area contributed by atoms with Gasteiger partial charge in [-0.25, -0.2) is 0 Å². The Bertz CT molecular complexity index is 954. The fourth-order valence-corrected chi connectivity index (χ4v) is 3.04. The van der Waals surface area contributed by atoms with E-state index < -0.39 is 0 Å². The van der Waals surface area contributed by atoms with Gasteiger partial charge in [0.1, 0.15) is 0 Å². The van der Waals surface area contributed by atoms with Crippen molar-refractivity contribution in [3.05, 3.63) is 47.0 Å². The van der Waals surface area contributed by atoms with Gasteiger partial charge in [0.15, 0.2) is 17.3 Å². The van der Waals surface area contributed by atoms with Crippen molar-refractivity contribution in [2.45, 2.75) is 19.9 Å². The molecule has 1 aromatic carbocycles. The van der Waals surface area contributed by atoms with Gasteiger partial charge >= 0.3 is 0 Å². The molecule has 4 rings (SSSR count). The Hall–Kier alpha value is -3.00. The van der Waals surface area contributed by atoms with Gasteiger partial charge in [-0.15, -0.1) is 10.2 Å². The maximum Gasteiger partial charge on any atom is 0.283 e. The number of nitrogens with zero attached hydrogens (tertiary/aromatic N) is 3. The minimum absolute atomic E-state index is 0.0862. The minimum atomic E-state index is -0.213. The maximum absolute atomic E-state index is 13.0. The lowest BCUT2D eigenvalue weighted by Crippen LogP contribution is -2.31. The topological polar surface area (TPSA) is 90.8 Å². The zero-order valence-corrected chi connectivity index (χ0v) is 15.2. The highest BCUT2D eigenvalue weighted by Crippen LogP contribution is 2.40. The fraction of sp³-hybridized carbons (Fsp3) is 0.278. The van der Waals surface area contributed by atoms with Crippen LogP contribution in [0, 0.1) is 0 Å². The van der Waals surface area contributed by atoms with Gasteiger partial charge in [0.25, 0.3) is 11.8 Å². The number of aromatic nitrogens is 2. The fourth-order valence-electron chi connectivity index (χ4n) is 2.78. The van der Waals surface area contributed by atoms with Crippen LogP contribution >= 0.6 is 11.6 Å². The van der Waals surface area contributed by atoms with Crippen LogP contribution in [0.5, 0.6) is 11.5 Å². The molecule has 0 saturated carbocycles. The molecular weight excluding hydrogens is 374 g/mol. The average molecular weight is 390 g/mol. The number of amides is 1. The van der Waals surface area contributed by atoms with Crippen LogP contribution < -0.4 is 9.47 Å². The Morgan fingerprint density at radius 2 is 2.19 bits per heavy atom. The van der Waals surface area contributed by atoms with Crippen LogP contribution in [0.3, 0.4) is 0 Å². The molecule has 0 unspecified atom stereocenters. The molecule has 27 heavy (non-hydrogen) atoms. The predicted molar refractivity (Wildman–Crippen MR) is 94.6 cm³/mol. The van der Waals surface area contributed by atoms with Crippen LogP contribution in [0.15, 0.2) is 39.4 Å². The second-order valence-corrected chi connectivity index (χ2v) is 6.30. The van der Waals surface area contributed by atoms with E-state index in [2.05, 4.69) is 10.2 Å². The molecule has 0 atom stereocenters. The number of hydrogen-bond acceptors (Lipinski definition) is 7. The van der Waals surface area contributed by atoms with E-state index >= 15 is 0 Å². The summed E-state index contributed by atoms with van der Waals surface area (Å²) in [5.74, 6) is 1.76. The number of furan rings is 1. The van der Waals surface area contributed by atoms with Crippen molar-refractivity contribution < 1.29 is 23.1 Å². The summed E-state index contributed by atoms with van der Waals surface area (Å²) in [4.78, 5) is 14.6. The summed E-state index contributed by atoms with van der Waals surface area (Å²) in [6.45, 7) is 2.76. The lowest BCUT2D eigenvalue weighted by molar-refractivity contribution is 0.0728. The van der Waals surface area contributed by atoms with Crippen LogP contribution in [0.4, 0.5) is 0 Å². The van der Waals surface area contributed by atoms with Gasteiger partial charge in [0.2, 0.25) is 12.7 Å². The third-order valence-corrected chi connectivity index (χ3v) is 4.26. The van der Waals surface area contributed by atoms with Crippen LogP contribution in [0.25, 0.3) is 11.7 Å². The first-order chi connectivity index (χ1) is 13.2. The van der Waals surface area contributed by atoms with Crippen molar-refractivity contribution in [3.8, 4) is 23.1 Å². The smallest absolute Gasteiger partial charge is 0.283 e. The van der Waals surface area contributed by atoms with Crippen molar-refractivity contribution in [3.63, 3.8) is 0 Å². The first-order valence-corrected chi connectivity index (χ1v) is 8.78. The summed E-state index contributed by atoms with van der Waals surface area (Å²) < 4.78 is 21.5. The van der Waals surface area contributed by atoms with Crippen molar-refractivity contribution in [2.75, 3.05) is 13.3 Å². The Morgan fingerprint density at radius 1 is 1.30 bits per heavy atom. The summed E-state index contributed by atoms with van der Waals surface area (Å²) in [6, 6.07) is 6.65. The summed E-state index contributed by atoms with van der Waals surface area (Å²) in [5, 5.41) is 8.30. The van der Waals surface area contributed by atoms with Crippen molar-refractivity contribution in [1.82, 2.24) is 15.1 Å². The van der Waals surface area contributed by atoms with E-state index in [1.54, 1.807) is 29.2 Å². The summed E-state index contributed by atoms with van der Waals surface area (Å²) in [6.07, 6.45) is 2.29. The van der Waals surface area contributed by atoms with Gasteiger partial charge in [0.05, 0.1) is 17.8 Å². The highest BCUT2D eigenvalue weighted by molar-refractivity contribution is 6.32. The first-order valence-electron chi connectivity index (χ1n) is 8.40. The van der Waals surface area contributed by atoms with Crippen molar-refractivity contribution in [2.24, 2.45) is 0 Å². The van der Waals surface area contributed by atoms with Gasteiger partial charge in [-0.2, -0.15) is 0 Å². The monoisotopic (exact) mass is 389 g/mol. The van der Waals surface area contributed by atoms with Gasteiger partial charge in [-0.3, -0.25) is 4.79 Å². The highest BCUT2D eigenvalue weighted by Gasteiger charge is 2.24. The van der Waals surface area contributed by atoms with E-state index in [9.17, 15) is 4.79 Å². The molecule has 140 valence electrons. The number of carbonyl (C=O) groups is 1. The second-order valence-electron chi connectivity index (χ2n) is 5.90. The van der Waals surface area contributed by atoms with Gasteiger partial charge in [-0.05, 0) is 30.7 Å². The van der Waals surface area contributed by atoms with E-state index in [0.717, 1.165) is 6.42 Å². The molecule has 0 aliphatic carbocycles. The SMILES string of the molecule is CCCN(Cc1nnc(-c2ccco2)o1)C(=O)c1cc(Cl)c2c(c1)OCO2. The molecule has 1 aliphatic rings. The van der Waals surface area contributed by atoms with Crippen LogP contribution in [0.2, 0.25) is 5.02 Å². The van der Waals surface area contributed by atoms with Gasteiger partial charge in [-0.1, -0.05) is 18.5 Å². The molecule has 2 aromatic heterocycles. The Morgan fingerprint density at radius 3 is 2.96 bits per heavy atom. The summed E-state index contributed by atoms with van der Waals surface area (Å²) in [7, 11) is 0. The number of benzene rings is 1. The molecule has 8 nitrogen and oxygen atoms in total. The van der Waals surface area contributed by atoms with Crippen molar-refractivity contribution >= 4 is 17.5 Å². The minimum Gasteiger partial charge on any atom is -0.459 e. The van der Waals surface area contributed by atoms with Crippen molar-refractivity contribution in [1.29, 1.82) is 0 Å². The lowest BCUT2D eigenvalue weighted by Gasteiger charge is -2.20. The number of rotatable bonds is 6. The molecular formula is C18H16ClN3O5. The molecule has 1 aliphatic heterocycles. The largest absolute Gasteiger partial charge is 0.459 e. The molecule has 1 amide bonds. The molecule has 0 radical (unpaired) electrons. The first kappa shape index (κ1) is 17.4. The normalized spacial score (nSPS) is 12.4. The zero-order chi connectivity index (χ0) is 18.8. The number of carbonyl (C=O) groups excluding carboxylic acids is 1. The Labute approximate surface area is 159 Å². The zero-order valence-electron chi connectivity index (χ0n) is 14.5. The molecule has 0 spiro atoms. The summed E-state index contributed by atoms with van der Waals surface area (Å²) in [5.41, 5.74) is 0.406. The van der Waals surface area contributed by atoms with E-state index in [1.165, 1.54) is 6.26 Å².